The summed E-state index contributed by atoms with van der Waals surface area (Å²) in [6.07, 6.45) is 0.911. The SMILES string of the molecule is COc1ccc(-c2ccc3c(c2)CNC3=O)c(OC2(C(=O)OC(C)C)CC2)c1OC. The maximum atomic E-state index is 12.7. The van der Waals surface area contributed by atoms with E-state index in [1.807, 2.05) is 32.0 Å². The molecule has 0 aromatic heterocycles. The van der Waals surface area contributed by atoms with Crippen LogP contribution in [0.2, 0.25) is 0 Å². The monoisotopic (exact) mass is 411 g/mol. The second-order valence-electron chi connectivity index (χ2n) is 7.78. The molecular weight excluding hydrogens is 386 g/mol. The molecule has 2 aromatic carbocycles. The average molecular weight is 411 g/mol. The Morgan fingerprint density at radius 1 is 1.03 bits per heavy atom. The van der Waals surface area contributed by atoms with Crippen molar-refractivity contribution in [2.75, 3.05) is 14.2 Å². The molecule has 7 heteroatoms. The van der Waals surface area contributed by atoms with Crippen LogP contribution in [0.1, 0.15) is 42.6 Å². The third-order valence-electron chi connectivity index (χ3n) is 5.32. The molecule has 4 rings (SSSR count). The lowest BCUT2D eigenvalue weighted by Crippen LogP contribution is -2.33. The molecule has 0 unspecified atom stereocenters. The molecule has 158 valence electrons. The van der Waals surface area contributed by atoms with Gasteiger partial charge in [0, 0.05) is 30.5 Å². The van der Waals surface area contributed by atoms with Crippen LogP contribution < -0.4 is 19.5 Å². The summed E-state index contributed by atoms with van der Waals surface area (Å²) in [6, 6.07) is 9.28. The molecule has 1 amide bonds. The maximum Gasteiger partial charge on any atom is 0.350 e. The lowest BCUT2D eigenvalue weighted by atomic mass is 9.99. The van der Waals surface area contributed by atoms with Gasteiger partial charge in [-0.05, 0) is 49.2 Å². The van der Waals surface area contributed by atoms with E-state index in [1.54, 1.807) is 19.2 Å². The molecule has 2 aliphatic rings. The summed E-state index contributed by atoms with van der Waals surface area (Å²) in [6.45, 7) is 4.10. The van der Waals surface area contributed by atoms with Gasteiger partial charge in [-0.1, -0.05) is 6.07 Å². The van der Waals surface area contributed by atoms with Gasteiger partial charge >= 0.3 is 5.97 Å². The van der Waals surface area contributed by atoms with Gasteiger partial charge in [0.25, 0.3) is 5.91 Å². The van der Waals surface area contributed by atoms with E-state index >= 15 is 0 Å². The Hall–Kier alpha value is -3.22. The molecule has 30 heavy (non-hydrogen) atoms. The number of rotatable bonds is 7. The topological polar surface area (TPSA) is 83.1 Å². The minimum atomic E-state index is -1.02. The summed E-state index contributed by atoms with van der Waals surface area (Å²) in [4.78, 5) is 24.6. The average Bonchev–Trinajstić information content (AvgIpc) is 3.43. The molecular formula is C23H25NO6. The molecule has 0 spiro atoms. The van der Waals surface area contributed by atoms with Crippen molar-refractivity contribution in [3.8, 4) is 28.4 Å². The zero-order chi connectivity index (χ0) is 21.5. The third-order valence-corrected chi connectivity index (χ3v) is 5.32. The molecule has 0 atom stereocenters. The molecule has 2 aromatic rings. The standard InChI is InChI=1S/C23H25NO6/c1-13(2)29-22(26)23(9-10-23)30-19-16(7-8-18(27-3)20(19)28-4)14-5-6-17-15(11-14)12-24-21(17)25/h5-8,11,13H,9-10,12H2,1-4H3,(H,24,25). The largest absolute Gasteiger partial charge is 0.493 e. The van der Waals surface area contributed by atoms with Gasteiger partial charge < -0.3 is 24.3 Å². The Labute approximate surface area is 175 Å². The molecule has 0 saturated heterocycles. The van der Waals surface area contributed by atoms with Gasteiger partial charge in [-0.15, -0.1) is 0 Å². The summed E-state index contributed by atoms with van der Waals surface area (Å²) in [5.41, 5.74) is 2.17. The number of carbonyl (C=O) groups excluding carboxylic acids is 2. The number of carbonyl (C=O) groups is 2. The van der Waals surface area contributed by atoms with Crippen molar-refractivity contribution in [1.82, 2.24) is 5.32 Å². The van der Waals surface area contributed by atoms with Gasteiger partial charge in [-0.3, -0.25) is 4.79 Å². The zero-order valence-electron chi connectivity index (χ0n) is 17.5. The van der Waals surface area contributed by atoms with Crippen molar-refractivity contribution in [2.45, 2.75) is 44.9 Å². The van der Waals surface area contributed by atoms with E-state index < -0.39 is 5.60 Å². The number of fused-ring (bicyclic) bond motifs is 1. The third kappa shape index (κ3) is 3.44. The molecule has 1 aliphatic carbocycles. The Balaban J connectivity index is 1.79. The van der Waals surface area contributed by atoms with E-state index in [0.717, 1.165) is 16.7 Å². The van der Waals surface area contributed by atoms with Crippen LogP contribution in [0.25, 0.3) is 11.1 Å². The minimum Gasteiger partial charge on any atom is -0.493 e. The molecule has 1 N–H and O–H groups in total. The van der Waals surface area contributed by atoms with Gasteiger partial charge in [-0.25, -0.2) is 4.79 Å². The van der Waals surface area contributed by atoms with Crippen molar-refractivity contribution in [3.05, 3.63) is 41.5 Å². The molecule has 0 radical (unpaired) electrons. The fourth-order valence-electron chi connectivity index (χ4n) is 3.61. The number of benzene rings is 2. The number of ether oxygens (including phenoxy) is 4. The Morgan fingerprint density at radius 2 is 1.77 bits per heavy atom. The van der Waals surface area contributed by atoms with E-state index in [2.05, 4.69) is 5.32 Å². The van der Waals surface area contributed by atoms with Crippen LogP contribution in [0.5, 0.6) is 17.2 Å². The Bertz CT molecular complexity index is 1010. The zero-order valence-corrected chi connectivity index (χ0v) is 17.5. The van der Waals surface area contributed by atoms with E-state index in [4.69, 9.17) is 18.9 Å². The molecule has 7 nitrogen and oxygen atoms in total. The number of hydrogen-bond donors (Lipinski definition) is 1. The fourth-order valence-corrected chi connectivity index (χ4v) is 3.61. The lowest BCUT2D eigenvalue weighted by Gasteiger charge is -2.23. The van der Waals surface area contributed by atoms with Gasteiger partial charge in [0.1, 0.15) is 0 Å². The first-order valence-corrected chi connectivity index (χ1v) is 9.95. The number of hydrogen-bond acceptors (Lipinski definition) is 6. The van der Waals surface area contributed by atoms with Crippen LogP contribution in [0.4, 0.5) is 0 Å². The highest BCUT2D eigenvalue weighted by Gasteiger charge is 2.55. The minimum absolute atomic E-state index is 0.0753. The molecule has 0 bridgehead atoms. The van der Waals surface area contributed by atoms with Crippen LogP contribution in [0.3, 0.4) is 0 Å². The highest BCUT2D eigenvalue weighted by atomic mass is 16.6. The van der Waals surface area contributed by atoms with E-state index in [0.29, 0.717) is 42.2 Å². The maximum absolute atomic E-state index is 12.7. The predicted molar refractivity (Wildman–Crippen MR) is 110 cm³/mol. The summed E-state index contributed by atoms with van der Waals surface area (Å²) in [5, 5.41) is 2.82. The van der Waals surface area contributed by atoms with E-state index in [1.165, 1.54) is 7.11 Å². The number of amides is 1. The van der Waals surface area contributed by atoms with Gasteiger partial charge in [0.15, 0.2) is 11.5 Å². The number of nitrogens with one attached hydrogen (secondary N) is 1. The van der Waals surface area contributed by atoms with Gasteiger partial charge in [-0.2, -0.15) is 0 Å². The van der Waals surface area contributed by atoms with Crippen molar-refractivity contribution in [1.29, 1.82) is 0 Å². The first-order valence-electron chi connectivity index (χ1n) is 9.95. The summed E-state index contributed by atoms with van der Waals surface area (Å²) in [5.74, 6) is 0.883. The Kier molecular flexibility index (Phi) is 5.05. The van der Waals surface area contributed by atoms with E-state index in [9.17, 15) is 9.59 Å². The second-order valence-corrected chi connectivity index (χ2v) is 7.78. The highest BCUT2D eigenvalue weighted by molar-refractivity contribution is 5.99. The lowest BCUT2D eigenvalue weighted by molar-refractivity contribution is -0.158. The van der Waals surface area contributed by atoms with Crippen molar-refractivity contribution in [2.24, 2.45) is 0 Å². The molecule has 1 saturated carbocycles. The van der Waals surface area contributed by atoms with Crippen molar-refractivity contribution < 1.29 is 28.5 Å². The molecule has 1 heterocycles. The van der Waals surface area contributed by atoms with Crippen LogP contribution >= 0.6 is 0 Å². The molecule has 1 aliphatic heterocycles. The fraction of sp³-hybridized carbons (Fsp3) is 0.391. The Morgan fingerprint density at radius 3 is 2.40 bits per heavy atom. The number of methoxy groups -OCH3 is 2. The van der Waals surface area contributed by atoms with E-state index in [-0.39, 0.29) is 18.0 Å². The first kappa shape index (κ1) is 20.1. The summed E-state index contributed by atoms with van der Waals surface area (Å²) in [7, 11) is 3.08. The summed E-state index contributed by atoms with van der Waals surface area (Å²) < 4.78 is 22.8. The van der Waals surface area contributed by atoms with Crippen molar-refractivity contribution in [3.63, 3.8) is 0 Å². The van der Waals surface area contributed by atoms with Crippen LogP contribution in [0, 0.1) is 0 Å². The second kappa shape index (κ2) is 7.55. The number of esters is 1. The quantitative estimate of drug-likeness (QED) is 0.703. The van der Waals surface area contributed by atoms with Crippen molar-refractivity contribution >= 4 is 11.9 Å². The first-order chi connectivity index (χ1) is 14.4. The highest BCUT2D eigenvalue weighted by Crippen LogP contribution is 2.50. The predicted octanol–water partition coefficient (Wildman–Crippen LogP) is 3.48. The normalized spacial score (nSPS) is 16.0. The van der Waals surface area contributed by atoms with Crippen LogP contribution in [-0.4, -0.2) is 37.8 Å². The summed E-state index contributed by atoms with van der Waals surface area (Å²) >= 11 is 0. The molecule has 1 fully saturated rings. The smallest absolute Gasteiger partial charge is 0.350 e. The van der Waals surface area contributed by atoms with Crippen LogP contribution in [-0.2, 0) is 16.1 Å². The van der Waals surface area contributed by atoms with Crippen LogP contribution in [0.15, 0.2) is 30.3 Å². The van der Waals surface area contributed by atoms with Gasteiger partial charge in [0.2, 0.25) is 11.4 Å². The van der Waals surface area contributed by atoms with Gasteiger partial charge in [0.05, 0.1) is 20.3 Å².